The van der Waals surface area contributed by atoms with Crippen LogP contribution < -0.4 is 0 Å². The predicted molar refractivity (Wildman–Crippen MR) is 209 cm³/mol. The third-order valence-corrected chi connectivity index (χ3v) is 13.8. The van der Waals surface area contributed by atoms with E-state index in [4.69, 9.17) is 0 Å². The van der Waals surface area contributed by atoms with E-state index in [-0.39, 0.29) is 0 Å². The van der Waals surface area contributed by atoms with Gasteiger partial charge in [0.05, 0.1) is 0 Å². The highest BCUT2D eigenvalue weighted by Gasteiger charge is 2.44. The van der Waals surface area contributed by atoms with Gasteiger partial charge in [0, 0.05) is 12.8 Å². The summed E-state index contributed by atoms with van der Waals surface area (Å²) < 4.78 is 0. The maximum Gasteiger partial charge on any atom is 0.113 e. The highest BCUT2D eigenvalue weighted by molar-refractivity contribution is 7.09. The van der Waals surface area contributed by atoms with Gasteiger partial charge < -0.3 is 0 Å². The van der Waals surface area contributed by atoms with E-state index >= 15 is 0 Å². The van der Waals surface area contributed by atoms with Gasteiger partial charge in [-0.1, -0.05) is 164 Å². The van der Waals surface area contributed by atoms with Crippen molar-refractivity contribution in [3.8, 4) is 22.3 Å². The Morgan fingerprint density at radius 3 is 1.26 bits per heavy atom. The van der Waals surface area contributed by atoms with Crippen molar-refractivity contribution in [3.63, 3.8) is 0 Å². The fraction of sp³-hybridized carbons (Fsp3) is 0.348. The summed E-state index contributed by atoms with van der Waals surface area (Å²) in [5.41, 5.74) is 17.6. The van der Waals surface area contributed by atoms with Crippen LogP contribution in [0.3, 0.4) is 0 Å². The van der Waals surface area contributed by atoms with Crippen LogP contribution in [0.5, 0.6) is 0 Å². The molecule has 47 heavy (non-hydrogen) atoms. The molecule has 0 bridgehead atoms. The molecular weight excluding hydrogens is 581 g/mol. The van der Waals surface area contributed by atoms with Gasteiger partial charge >= 0.3 is 0 Å². The van der Waals surface area contributed by atoms with Crippen LogP contribution in [0.4, 0.5) is 0 Å². The van der Waals surface area contributed by atoms with Gasteiger partial charge in [0.2, 0.25) is 0 Å². The molecule has 0 aromatic heterocycles. The Morgan fingerprint density at radius 1 is 0.489 bits per heavy atom. The predicted octanol–water partition coefficient (Wildman–Crippen LogP) is 13.1. The average molecular weight is 635 g/mol. The number of allylic oxidation sites excluding steroid dienone is 2. The SMILES string of the molecule is CCCc1ccccc1-c1cccc2c1C([Si](C)(C)C1=C(CC(C)C)[CH]c3cccc(-c4ccccc4CCC)c31)=C(CC(C)C)[CH]2. The summed E-state index contributed by atoms with van der Waals surface area (Å²) >= 11 is 0. The first-order valence-corrected chi connectivity index (χ1v) is 21.3. The average Bonchev–Trinajstić information content (AvgIpc) is 3.60. The Bertz CT molecular complexity index is 1690. The number of fused-ring (bicyclic) bond motifs is 2. The monoisotopic (exact) mass is 634 g/mol. The standard InChI is InChI=1S/C46H54Si/c1-9-17-33-19-11-13-23-39(33)41-25-15-21-35-29-37(27-31(3)4)45(43(35)41)47(7,8)46-38(28-32(5)6)30-36-22-16-26-42(44(36)46)40-24-14-12-20-34(40)18-10-2/h11-16,19-26,29-32H,9-10,17-18,27-28H2,1-8H3. The number of hydrogen-bond donors (Lipinski definition) is 0. The van der Waals surface area contributed by atoms with Gasteiger partial charge in [0.15, 0.2) is 0 Å². The molecule has 0 amide bonds. The maximum absolute atomic E-state index is 2.67. The topological polar surface area (TPSA) is 0 Å². The van der Waals surface area contributed by atoms with Gasteiger partial charge in [-0.2, -0.15) is 0 Å². The second-order valence-corrected chi connectivity index (χ2v) is 19.5. The quantitative estimate of drug-likeness (QED) is 0.136. The molecule has 0 fully saturated rings. The molecule has 0 unspecified atom stereocenters. The van der Waals surface area contributed by atoms with Crippen molar-refractivity contribution in [2.45, 2.75) is 93.2 Å². The molecule has 4 aromatic rings. The van der Waals surface area contributed by atoms with Crippen molar-refractivity contribution in [3.05, 3.63) is 142 Å². The lowest BCUT2D eigenvalue weighted by atomic mass is 9.92. The molecule has 0 heterocycles. The molecule has 0 nitrogen and oxygen atoms in total. The molecule has 242 valence electrons. The molecule has 2 aliphatic carbocycles. The van der Waals surface area contributed by atoms with Crippen LogP contribution in [-0.2, 0) is 12.8 Å². The van der Waals surface area contributed by atoms with Crippen molar-refractivity contribution in [1.29, 1.82) is 0 Å². The minimum absolute atomic E-state index is 0.592. The molecule has 1 heteroatoms. The normalized spacial score (nSPS) is 14.5. The molecule has 0 saturated carbocycles. The molecule has 2 radical (unpaired) electrons. The van der Waals surface area contributed by atoms with E-state index in [0.717, 1.165) is 38.5 Å². The van der Waals surface area contributed by atoms with Gasteiger partial charge in [-0.25, -0.2) is 0 Å². The Morgan fingerprint density at radius 2 is 0.872 bits per heavy atom. The fourth-order valence-corrected chi connectivity index (χ4v) is 12.5. The number of hydrogen-bond acceptors (Lipinski definition) is 0. The summed E-state index contributed by atoms with van der Waals surface area (Å²) in [5.74, 6) is 1.18. The van der Waals surface area contributed by atoms with E-state index in [9.17, 15) is 0 Å². The van der Waals surface area contributed by atoms with E-state index in [2.05, 4.69) is 152 Å². The molecule has 0 N–H and O–H groups in total. The van der Waals surface area contributed by atoms with Crippen molar-refractivity contribution < 1.29 is 0 Å². The highest BCUT2D eigenvalue weighted by Crippen LogP contribution is 2.55. The number of benzene rings is 4. The molecular formula is C46H54Si. The fourth-order valence-electron chi connectivity index (χ4n) is 8.52. The minimum Gasteiger partial charge on any atom is -0.0651 e. The first-order valence-electron chi connectivity index (χ1n) is 18.3. The Balaban J connectivity index is 1.63. The Hall–Kier alpha value is -3.42. The van der Waals surface area contributed by atoms with Crippen LogP contribution in [0.1, 0.15) is 101 Å². The zero-order valence-corrected chi connectivity index (χ0v) is 31.1. The lowest BCUT2D eigenvalue weighted by Crippen LogP contribution is -2.32. The lowest BCUT2D eigenvalue weighted by Gasteiger charge is -2.33. The molecule has 0 aliphatic heterocycles. The van der Waals surface area contributed by atoms with Crippen molar-refractivity contribution in [2.24, 2.45) is 11.8 Å². The zero-order chi connectivity index (χ0) is 33.3. The molecule has 4 aromatic carbocycles. The van der Waals surface area contributed by atoms with Gasteiger partial charge in [-0.15, -0.1) is 0 Å². The molecule has 0 saturated heterocycles. The van der Waals surface area contributed by atoms with E-state index in [1.807, 2.05) is 0 Å². The summed E-state index contributed by atoms with van der Waals surface area (Å²) in [4.78, 5) is 0. The minimum atomic E-state index is -2.30. The van der Waals surface area contributed by atoms with Crippen LogP contribution in [0.15, 0.2) is 96.1 Å². The van der Waals surface area contributed by atoms with Gasteiger partial charge in [-0.05, 0) is 104 Å². The van der Waals surface area contributed by atoms with E-state index in [0.29, 0.717) is 11.8 Å². The second-order valence-electron chi connectivity index (χ2n) is 15.3. The number of aryl methyl sites for hydroxylation is 2. The van der Waals surface area contributed by atoms with Crippen molar-refractivity contribution in [2.75, 3.05) is 0 Å². The van der Waals surface area contributed by atoms with Gasteiger partial charge in [0.1, 0.15) is 8.07 Å². The smallest absolute Gasteiger partial charge is 0.0651 e. The Kier molecular flexibility index (Phi) is 9.95. The van der Waals surface area contributed by atoms with E-state index in [1.54, 1.807) is 21.5 Å². The lowest BCUT2D eigenvalue weighted by molar-refractivity contribution is 0.648. The molecule has 0 atom stereocenters. The maximum atomic E-state index is 2.67. The first kappa shape index (κ1) is 33.5. The van der Waals surface area contributed by atoms with Gasteiger partial charge in [0.25, 0.3) is 0 Å². The van der Waals surface area contributed by atoms with Crippen LogP contribution in [0, 0.1) is 24.7 Å². The highest BCUT2D eigenvalue weighted by atomic mass is 28.3. The van der Waals surface area contributed by atoms with Gasteiger partial charge in [-0.3, -0.25) is 0 Å². The largest absolute Gasteiger partial charge is 0.113 e. The second kappa shape index (κ2) is 14.0. The summed E-state index contributed by atoms with van der Waals surface area (Å²) in [6.45, 7) is 19.5. The summed E-state index contributed by atoms with van der Waals surface area (Å²) in [6.07, 6.45) is 11.9. The van der Waals surface area contributed by atoms with Crippen LogP contribution in [0.2, 0.25) is 13.1 Å². The third-order valence-electron chi connectivity index (χ3n) is 10.2. The molecule has 6 rings (SSSR count). The van der Waals surface area contributed by atoms with Crippen molar-refractivity contribution in [1.82, 2.24) is 0 Å². The van der Waals surface area contributed by atoms with E-state index < -0.39 is 8.07 Å². The third kappa shape index (κ3) is 6.41. The Labute approximate surface area is 287 Å². The number of rotatable bonds is 12. The zero-order valence-electron chi connectivity index (χ0n) is 30.1. The molecule has 2 aliphatic rings. The van der Waals surface area contributed by atoms with E-state index in [1.165, 1.54) is 55.6 Å². The summed E-state index contributed by atoms with van der Waals surface area (Å²) in [5, 5.41) is 3.33. The molecule has 0 spiro atoms. The van der Waals surface area contributed by atoms with Crippen molar-refractivity contribution >= 4 is 18.5 Å². The summed E-state index contributed by atoms with van der Waals surface area (Å²) in [7, 11) is -2.30. The van der Waals surface area contributed by atoms with Crippen LogP contribution in [-0.4, -0.2) is 8.07 Å². The first-order chi connectivity index (χ1) is 22.6. The van der Waals surface area contributed by atoms with Crippen LogP contribution in [0.25, 0.3) is 32.6 Å². The summed E-state index contributed by atoms with van der Waals surface area (Å²) in [6, 6.07) is 32.5. The van der Waals surface area contributed by atoms with Crippen LogP contribution >= 0.6 is 0 Å².